The summed E-state index contributed by atoms with van der Waals surface area (Å²) in [6.45, 7) is 5.93. The molecule has 1 aliphatic heterocycles. The summed E-state index contributed by atoms with van der Waals surface area (Å²) < 4.78 is 14.3. The van der Waals surface area contributed by atoms with Crippen LogP contribution in [0.5, 0.6) is 0 Å². The van der Waals surface area contributed by atoms with Crippen molar-refractivity contribution < 1.29 is 4.39 Å². The Morgan fingerprint density at radius 2 is 2.05 bits per heavy atom. The van der Waals surface area contributed by atoms with Crippen LogP contribution in [-0.4, -0.2) is 44.2 Å². The van der Waals surface area contributed by atoms with Gasteiger partial charge < -0.3 is 15.5 Å². The van der Waals surface area contributed by atoms with E-state index in [0.717, 1.165) is 56.7 Å². The second kappa shape index (κ2) is 7.04. The SMILES string of the molecule is CCC(N)Cc1cccc(F)c1N1CCCN(C)CC1. The van der Waals surface area contributed by atoms with Crippen molar-refractivity contribution in [1.29, 1.82) is 0 Å². The number of rotatable bonds is 4. The fourth-order valence-electron chi connectivity index (χ4n) is 2.78. The van der Waals surface area contributed by atoms with Crippen molar-refractivity contribution in [3.63, 3.8) is 0 Å². The van der Waals surface area contributed by atoms with E-state index in [1.807, 2.05) is 6.07 Å². The zero-order valence-corrected chi connectivity index (χ0v) is 12.6. The van der Waals surface area contributed by atoms with Crippen LogP contribution in [0, 0.1) is 5.82 Å². The maximum atomic E-state index is 14.3. The molecule has 1 fully saturated rings. The molecule has 1 saturated heterocycles. The van der Waals surface area contributed by atoms with Gasteiger partial charge in [-0.3, -0.25) is 0 Å². The van der Waals surface area contributed by atoms with Gasteiger partial charge in [0.15, 0.2) is 0 Å². The molecule has 1 atom stereocenters. The Hall–Kier alpha value is -1.13. The Labute approximate surface area is 121 Å². The molecule has 0 radical (unpaired) electrons. The summed E-state index contributed by atoms with van der Waals surface area (Å²) in [5, 5.41) is 0. The standard InChI is InChI=1S/C16H26FN3/c1-3-14(18)12-13-6-4-7-15(17)16(13)20-9-5-8-19(2)10-11-20/h4,6-7,14H,3,5,8-12,18H2,1-2H3. The first-order valence-corrected chi connectivity index (χ1v) is 7.58. The van der Waals surface area contributed by atoms with Crippen molar-refractivity contribution in [3.05, 3.63) is 29.6 Å². The Balaban J connectivity index is 2.24. The van der Waals surface area contributed by atoms with Crippen molar-refractivity contribution in [2.24, 2.45) is 5.73 Å². The van der Waals surface area contributed by atoms with Crippen LogP contribution in [-0.2, 0) is 6.42 Å². The van der Waals surface area contributed by atoms with Gasteiger partial charge in [-0.2, -0.15) is 0 Å². The highest BCUT2D eigenvalue weighted by Gasteiger charge is 2.19. The maximum absolute atomic E-state index is 14.3. The molecule has 20 heavy (non-hydrogen) atoms. The molecule has 0 amide bonds. The summed E-state index contributed by atoms with van der Waals surface area (Å²) in [6, 6.07) is 5.47. The summed E-state index contributed by atoms with van der Waals surface area (Å²) in [6.07, 6.45) is 2.73. The van der Waals surface area contributed by atoms with E-state index in [2.05, 4.69) is 23.8 Å². The number of para-hydroxylation sites is 1. The molecule has 3 nitrogen and oxygen atoms in total. The second-order valence-corrected chi connectivity index (χ2v) is 5.76. The minimum absolute atomic E-state index is 0.102. The Bertz CT molecular complexity index is 436. The van der Waals surface area contributed by atoms with E-state index in [4.69, 9.17) is 5.73 Å². The summed E-state index contributed by atoms with van der Waals surface area (Å²) >= 11 is 0. The topological polar surface area (TPSA) is 32.5 Å². The lowest BCUT2D eigenvalue weighted by Gasteiger charge is -2.27. The predicted molar refractivity (Wildman–Crippen MR) is 82.7 cm³/mol. The Morgan fingerprint density at radius 3 is 2.80 bits per heavy atom. The fraction of sp³-hybridized carbons (Fsp3) is 0.625. The highest BCUT2D eigenvalue weighted by molar-refractivity contribution is 5.55. The van der Waals surface area contributed by atoms with E-state index >= 15 is 0 Å². The van der Waals surface area contributed by atoms with Gasteiger partial charge in [-0.25, -0.2) is 4.39 Å². The van der Waals surface area contributed by atoms with Gasteiger partial charge in [-0.05, 0) is 44.5 Å². The zero-order chi connectivity index (χ0) is 14.5. The van der Waals surface area contributed by atoms with Crippen LogP contribution in [0.25, 0.3) is 0 Å². The normalized spacial score (nSPS) is 18.9. The van der Waals surface area contributed by atoms with Gasteiger partial charge in [0.1, 0.15) is 5.82 Å². The first kappa shape index (κ1) is 15.3. The maximum Gasteiger partial charge on any atom is 0.146 e. The number of nitrogens with two attached hydrogens (primary N) is 1. The summed E-state index contributed by atoms with van der Waals surface area (Å²) in [7, 11) is 2.12. The molecule has 0 aliphatic carbocycles. The number of halogens is 1. The monoisotopic (exact) mass is 279 g/mol. The lowest BCUT2D eigenvalue weighted by atomic mass is 10.0. The van der Waals surface area contributed by atoms with Gasteiger partial charge in [0.2, 0.25) is 0 Å². The molecule has 1 aromatic carbocycles. The van der Waals surface area contributed by atoms with Gasteiger partial charge in [-0.1, -0.05) is 19.1 Å². The molecule has 1 aromatic rings. The average molecular weight is 279 g/mol. The molecular weight excluding hydrogens is 253 g/mol. The lowest BCUT2D eigenvalue weighted by Crippen LogP contribution is -2.31. The summed E-state index contributed by atoms with van der Waals surface area (Å²) in [4.78, 5) is 4.49. The molecule has 1 unspecified atom stereocenters. The molecule has 0 saturated carbocycles. The molecule has 4 heteroatoms. The molecule has 1 aliphatic rings. The number of likely N-dealkylation sites (N-methyl/N-ethyl adjacent to an activating group) is 1. The highest BCUT2D eigenvalue weighted by Crippen LogP contribution is 2.27. The zero-order valence-electron chi connectivity index (χ0n) is 12.6. The third-order valence-electron chi connectivity index (χ3n) is 4.11. The van der Waals surface area contributed by atoms with Gasteiger partial charge in [0.25, 0.3) is 0 Å². The van der Waals surface area contributed by atoms with Crippen LogP contribution in [0.3, 0.4) is 0 Å². The van der Waals surface area contributed by atoms with E-state index in [0.29, 0.717) is 0 Å². The Morgan fingerprint density at radius 1 is 1.25 bits per heavy atom. The summed E-state index contributed by atoms with van der Waals surface area (Å²) in [5.74, 6) is -0.115. The van der Waals surface area contributed by atoms with Crippen LogP contribution in [0.1, 0.15) is 25.3 Å². The van der Waals surface area contributed by atoms with Crippen LogP contribution in [0.15, 0.2) is 18.2 Å². The lowest BCUT2D eigenvalue weighted by molar-refractivity contribution is 0.360. The smallest absolute Gasteiger partial charge is 0.146 e. The summed E-state index contributed by atoms with van der Waals surface area (Å²) in [5.41, 5.74) is 7.87. The predicted octanol–water partition coefficient (Wildman–Crippen LogP) is 2.25. The molecule has 112 valence electrons. The number of anilines is 1. The van der Waals surface area contributed by atoms with Gasteiger partial charge in [0, 0.05) is 25.7 Å². The number of hydrogen-bond acceptors (Lipinski definition) is 3. The van der Waals surface area contributed by atoms with Crippen molar-refractivity contribution in [1.82, 2.24) is 4.90 Å². The van der Waals surface area contributed by atoms with E-state index < -0.39 is 0 Å². The Kier molecular flexibility index (Phi) is 5.38. The van der Waals surface area contributed by atoms with Crippen molar-refractivity contribution in [2.75, 3.05) is 38.1 Å². The quantitative estimate of drug-likeness (QED) is 0.917. The van der Waals surface area contributed by atoms with Crippen LogP contribution >= 0.6 is 0 Å². The minimum Gasteiger partial charge on any atom is -0.368 e. The van der Waals surface area contributed by atoms with Crippen LogP contribution < -0.4 is 10.6 Å². The first-order valence-electron chi connectivity index (χ1n) is 7.58. The van der Waals surface area contributed by atoms with Crippen molar-refractivity contribution >= 4 is 5.69 Å². The molecular formula is C16H26FN3. The van der Waals surface area contributed by atoms with E-state index in [1.54, 1.807) is 12.1 Å². The highest BCUT2D eigenvalue weighted by atomic mass is 19.1. The second-order valence-electron chi connectivity index (χ2n) is 5.76. The number of nitrogens with zero attached hydrogens (tertiary/aromatic N) is 2. The largest absolute Gasteiger partial charge is 0.368 e. The van der Waals surface area contributed by atoms with Crippen molar-refractivity contribution in [2.45, 2.75) is 32.2 Å². The molecule has 0 bridgehead atoms. The van der Waals surface area contributed by atoms with E-state index in [1.165, 1.54) is 0 Å². The first-order chi connectivity index (χ1) is 9.61. The van der Waals surface area contributed by atoms with Crippen LogP contribution in [0.4, 0.5) is 10.1 Å². The molecule has 2 rings (SSSR count). The minimum atomic E-state index is -0.115. The number of hydrogen-bond donors (Lipinski definition) is 1. The van der Waals surface area contributed by atoms with E-state index in [9.17, 15) is 4.39 Å². The van der Waals surface area contributed by atoms with Gasteiger partial charge in [0.05, 0.1) is 5.69 Å². The van der Waals surface area contributed by atoms with Crippen LogP contribution in [0.2, 0.25) is 0 Å². The molecule has 0 aromatic heterocycles. The third kappa shape index (κ3) is 3.70. The average Bonchev–Trinajstić information content (AvgIpc) is 2.64. The van der Waals surface area contributed by atoms with E-state index in [-0.39, 0.29) is 11.9 Å². The number of benzene rings is 1. The molecule has 0 spiro atoms. The fourth-order valence-corrected chi connectivity index (χ4v) is 2.78. The van der Waals surface area contributed by atoms with Crippen molar-refractivity contribution in [3.8, 4) is 0 Å². The van der Waals surface area contributed by atoms with Gasteiger partial charge >= 0.3 is 0 Å². The van der Waals surface area contributed by atoms with Gasteiger partial charge in [-0.15, -0.1) is 0 Å². The molecule has 1 heterocycles. The molecule has 2 N–H and O–H groups in total. The third-order valence-corrected chi connectivity index (χ3v) is 4.11.